The standard InChI is InChI=1S/C19H15Cl2F2N3O2/c1-11-8-17(25-26(11)10-13-2-5-14(20)9-16(13)21)24-18(27)12-3-6-15(7-4-12)28-19(22)23/h2-9,19H,10H2,1H3,(H,24,25,27). The maximum absolute atomic E-state index is 12.3. The van der Waals surface area contributed by atoms with Gasteiger partial charge in [-0.1, -0.05) is 29.3 Å². The monoisotopic (exact) mass is 425 g/mol. The molecule has 146 valence electrons. The fraction of sp³-hybridized carbons (Fsp3) is 0.158. The molecule has 0 bridgehead atoms. The van der Waals surface area contributed by atoms with Crippen molar-refractivity contribution in [1.82, 2.24) is 9.78 Å². The number of hydrogen-bond donors (Lipinski definition) is 1. The second kappa shape index (κ2) is 8.58. The number of nitrogens with one attached hydrogen (secondary N) is 1. The molecule has 3 rings (SSSR count). The fourth-order valence-electron chi connectivity index (χ4n) is 2.52. The van der Waals surface area contributed by atoms with Crippen LogP contribution in [-0.2, 0) is 6.54 Å². The first-order valence-corrected chi connectivity index (χ1v) is 8.92. The van der Waals surface area contributed by atoms with Gasteiger partial charge in [-0.25, -0.2) is 0 Å². The Morgan fingerprint density at radius 1 is 1.18 bits per heavy atom. The van der Waals surface area contributed by atoms with Crippen LogP contribution in [0.4, 0.5) is 14.6 Å². The van der Waals surface area contributed by atoms with Gasteiger partial charge < -0.3 is 10.1 Å². The molecule has 2 aromatic carbocycles. The molecular formula is C19H15Cl2F2N3O2. The minimum absolute atomic E-state index is 0.0217. The quantitative estimate of drug-likeness (QED) is 0.574. The molecule has 1 N–H and O–H groups in total. The fourth-order valence-corrected chi connectivity index (χ4v) is 2.99. The minimum Gasteiger partial charge on any atom is -0.435 e. The highest BCUT2D eigenvalue weighted by Crippen LogP contribution is 2.23. The van der Waals surface area contributed by atoms with Crippen LogP contribution in [0.15, 0.2) is 48.5 Å². The van der Waals surface area contributed by atoms with E-state index in [2.05, 4.69) is 15.2 Å². The molecule has 0 fully saturated rings. The Bertz CT molecular complexity index is 991. The van der Waals surface area contributed by atoms with Crippen molar-refractivity contribution in [2.45, 2.75) is 20.1 Å². The molecule has 0 aliphatic rings. The number of aryl methyl sites for hydroxylation is 1. The van der Waals surface area contributed by atoms with Crippen molar-refractivity contribution in [3.05, 3.63) is 75.4 Å². The Labute approximate surface area is 169 Å². The molecule has 0 saturated heterocycles. The molecule has 9 heteroatoms. The van der Waals surface area contributed by atoms with Crippen molar-refractivity contribution < 1.29 is 18.3 Å². The van der Waals surface area contributed by atoms with Gasteiger partial charge >= 0.3 is 6.61 Å². The van der Waals surface area contributed by atoms with E-state index in [-0.39, 0.29) is 11.3 Å². The first kappa shape index (κ1) is 20.1. The Morgan fingerprint density at radius 3 is 2.54 bits per heavy atom. The number of amides is 1. The van der Waals surface area contributed by atoms with Crippen molar-refractivity contribution in [3.8, 4) is 5.75 Å². The lowest BCUT2D eigenvalue weighted by Crippen LogP contribution is -2.13. The summed E-state index contributed by atoms with van der Waals surface area (Å²) in [4.78, 5) is 12.3. The topological polar surface area (TPSA) is 56.1 Å². The maximum Gasteiger partial charge on any atom is 0.387 e. The number of benzene rings is 2. The van der Waals surface area contributed by atoms with E-state index in [0.29, 0.717) is 22.4 Å². The highest BCUT2D eigenvalue weighted by Gasteiger charge is 2.12. The second-order valence-electron chi connectivity index (χ2n) is 5.92. The highest BCUT2D eigenvalue weighted by atomic mass is 35.5. The van der Waals surface area contributed by atoms with Gasteiger partial charge in [-0.05, 0) is 48.9 Å². The third-order valence-electron chi connectivity index (χ3n) is 3.90. The van der Waals surface area contributed by atoms with E-state index in [1.165, 1.54) is 24.3 Å². The summed E-state index contributed by atoms with van der Waals surface area (Å²) >= 11 is 12.1. The molecule has 1 amide bonds. The van der Waals surface area contributed by atoms with Gasteiger partial charge in [0.05, 0.1) is 6.54 Å². The molecule has 3 aromatic rings. The number of aromatic nitrogens is 2. The van der Waals surface area contributed by atoms with Gasteiger partial charge in [0.15, 0.2) is 5.82 Å². The van der Waals surface area contributed by atoms with E-state index in [4.69, 9.17) is 23.2 Å². The van der Waals surface area contributed by atoms with Crippen molar-refractivity contribution in [1.29, 1.82) is 0 Å². The zero-order valence-corrected chi connectivity index (χ0v) is 16.1. The average molecular weight is 426 g/mol. The molecule has 28 heavy (non-hydrogen) atoms. The predicted molar refractivity (Wildman–Crippen MR) is 104 cm³/mol. The number of halogens is 4. The molecule has 5 nitrogen and oxygen atoms in total. The van der Waals surface area contributed by atoms with Crippen LogP contribution >= 0.6 is 23.2 Å². The lowest BCUT2D eigenvalue weighted by atomic mass is 10.2. The largest absolute Gasteiger partial charge is 0.435 e. The number of rotatable bonds is 6. The summed E-state index contributed by atoms with van der Waals surface area (Å²) in [5, 5.41) is 8.11. The summed E-state index contributed by atoms with van der Waals surface area (Å²) in [6.07, 6.45) is 0. The number of alkyl halides is 2. The van der Waals surface area contributed by atoms with E-state index in [1.807, 2.05) is 13.0 Å². The SMILES string of the molecule is Cc1cc(NC(=O)c2ccc(OC(F)F)cc2)nn1Cc1ccc(Cl)cc1Cl. The van der Waals surface area contributed by atoms with Crippen LogP contribution in [0.25, 0.3) is 0 Å². The molecule has 0 saturated carbocycles. The lowest BCUT2D eigenvalue weighted by molar-refractivity contribution is -0.0498. The Morgan fingerprint density at radius 2 is 1.89 bits per heavy atom. The van der Waals surface area contributed by atoms with Crippen LogP contribution in [0.2, 0.25) is 10.0 Å². The maximum atomic E-state index is 12.3. The van der Waals surface area contributed by atoms with Crippen molar-refractivity contribution in [2.24, 2.45) is 0 Å². The Kier molecular flexibility index (Phi) is 6.16. The molecule has 0 radical (unpaired) electrons. The van der Waals surface area contributed by atoms with E-state index in [0.717, 1.165) is 11.3 Å². The van der Waals surface area contributed by atoms with Gasteiger partial charge in [-0.15, -0.1) is 0 Å². The van der Waals surface area contributed by atoms with Crippen molar-refractivity contribution >= 4 is 34.9 Å². The third-order valence-corrected chi connectivity index (χ3v) is 4.49. The van der Waals surface area contributed by atoms with Crippen LogP contribution in [0.3, 0.4) is 0 Å². The van der Waals surface area contributed by atoms with Crippen LogP contribution in [-0.4, -0.2) is 22.3 Å². The molecule has 1 heterocycles. The zero-order valence-electron chi connectivity index (χ0n) is 14.6. The second-order valence-corrected chi connectivity index (χ2v) is 6.76. The Hall–Kier alpha value is -2.64. The summed E-state index contributed by atoms with van der Waals surface area (Å²) in [6.45, 7) is -0.652. The van der Waals surface area contributed by atoms with Crippen molar-refractivity contribution in [3.63, 3.8) is 0 Å². The van der Waals surface area contributed by atoms with Gasteiger partial charge in [0, 0.05) is 27.4 Å². The summed E-state index contributed by atoms with van der Waals surface area (Å²) in [5.41, 5.74) is 1.95. The lowest BCUT2D eigenvalue weighted by Gasteiger charge is -2.07. The van der Waals surface area contributed by atoms with Crippen LogP contribution < -0.4 is 10.1 Å². The third kappa shape index (κ3) is 4.99. The first-order chi connectivity index (χ1) is 13.3. The smallest absolute Gasteiger partial charge is 0.387 e. The number of ether oxygens (including phenoxy) is 1. The number of carbonyl (C=O) groups is 1. The van der Waals surface area contributed by atoms with Gasteiger partial charge in [0.2, 0.25) is 0 Å². The molecule has 0 atom stereocenters. The Balaban J connectivity index is 1.69. The predicted octanol–water partition coefficient (Wildman–Crippen LogP) is 5.40. The van der Waals surface area contributed by atoms with Crippen LogP contribution in [0.1, 0.15) is 21.6 Å². The molecule has 1 aromatic heterocycles. The normalized spacial score (nSPS) is 10.9. The minimum atomic E-state index is -2.92. The van der Waals surface area contributed by atoms with Gasteiger partial charge in [0.1, 0.15) is 5.75 Å². The molecule has 0 aliphatic heterocycles. The van der Waals surface area contributed by atoms with E-state index >= 15 is 0 Å². The number of anilines is 1. The van der Waals surface area contributed by atoms with Crippen LogP contribution in [0, 0.1) is 6.92 Å². The number of hydrogen-bond acceptors (Lipinski definition) is 3. The summed E-state index contributed by atoms with van der Waals surface area (Å²) in [5.74, 6) is -0.0789. The molecule has 0 aliphatic carbocycles. The van der Waals surface area contributed by atoms with Gasteiger partial charge in [-0.2, -0.15) is 13.9 Å². The molecule has 0 unspecified atom stereocenters. The van der Waals surface area contributed by atoms with E-state index in [9.17, 15) is 13.6 Å². The van der Waals surface area contributed by atoms with Gasteiger partial charge in [0.25, 0.3) is 5.91 Å². The van der Waals surface area contributed by atoms with Gasteiger partial charge in [-0.3, -0.25) is 9.48 Å². The average Bonchev–Trinajstić information content (AvgIpc) is 2.96. The van der Waals surface area contributed by atoms with Crippen LogP contribution in [0.5, 0.6) is 5.75 Å². The number of carbonyl (C=O) groups excluding carboxylic acids is 1. The highest BCUT2D eigenvalue weighted by molar-refractivity contribution is 6.35. The van der Waals surface area contributed by atoms with Crippen molar-refractivity contribution in [2.75, 3.05) is 5.32 Å². The van der Waals surface area contributed by atoms with E-state index in [1.54, 1.807) is 22.9 Å². The zero-order chi connectivity index (χ0) is 20.3. The first-order valence-electron chi connectivity index (χ1n) is 8.16. The number of nitrogens with zero attached hydrogens (tertiary/aromatic N) is 2. The van der Waals surface area contributed by atoms with E-state index < -0.39 is 12.5 Å². The summed E-state index contributed by atoms with van der Waals surface area (Å²) in [6, 6.07) is 12.3. The summed E-state index contributed by atoms with van der Waals surface area (Å²) < 4.78 is 30.3. The molecular weight excluding hydrogens is 411 g/mol. The molecule has 0 spiro atoms. The summed E-state index contributed by atoms with van der Waals surface area (Å²) in [7, 11) is 0.